The van der Waals surface area contributed by atoms with Gasteiger partial charge in [-0.1, -0.05) is 26.5 Å². The molecule has 0 saturated carbocycles. The van der Waals surface area contributed by atoms with Crippen LogP contribution < -0.4 is 10.6 Å². The van der Waals surface area contributed by atoms with Crippen molar-refractivity contribution >= 4 is 35.5 Å². The zero-order valence-corrected chi connectivity index (χ0v) is 26.8. The second-order valence-electron chi connectivity index (χ2n) is 12.6. The molecule has 0 radical (unpaired) electrons. The van der Waals surface area contributed by atoms with E-state index in [2.05, 4.69) is 34.1 Å². The molecular weight excluding hydrogens is 580 g/mol. The molecule has 11 heteroatoms. The Morgan fingerprint density at radius 3 is 2.02 bits per heavy atom. The van der Waals surface area contributed by atoms with Crippen molar-refractivity contribution in [1.82, 2.24) is 20.6 Å². The lowest BCUT2D eigenvalue weighted by Gasteiger charge is -2.49. The fourth-order valence-corrected chi connectivity index (χ4v) is 9.56. The molecule has 2 aromatic heterocycles. The van der Waals surface area contributed by atoms with Crippen LogP contribution in [-0.4, -0.2) is 60.1 Å². The highest BCUT2D eigenvalue weighted by molar-refractivity contribution is 8.02. The molecule has 3 aliphatic rings. The molecule has 236 valence electrons. The number of carboxylic acid groups (broad SMARTS) is 2. The molecule has 10 nitrogen and oxygen atoms in total. The Labute approximate surface area is 261 Å². The van der Waals surface area contributed by atoms with Crippen LogP contribution in [-0.2, 0) is 51.3 Å². The van der Waals surface area contributed by atoms with Gasteiger partial charge in [0.1, 0.15) is 0 Å². The summed E-state index contributed by atoms with van der Waals surface area (Å²) in [7, 11) is 0. The van der Waals surface area contributed by atoms with E-state index in [-0.39, 0.29) is 47.4 Å². The van der Waals surface area contributed by atoms with E-state index in [1.807, 2.05) is 27.7 Å². The van der Waals surface area contributed by atoms with Crippen LogP contribution in [0.5, 0.6) is 0 Å². The molecule has 2 amide bonds. The molecule has 0 bridgehead atoms. The average Bonchev–Trinajstić information content (AvgIpc) is 3.55. The molecule has 6 N–H and O–H groups in total. The first-order valence-corrected chi connectivity index (χ1v) is 16.1. The molecule has 5 atom stereocenters. The molecule has 0 aromatic carbocycles. The SMILES string of the molecule is C=CC1=C(C)[C@@H](Cc2[nH]c(Cc3[nH]c(C[C@]45NC(=O)[C@H](C)[C@H]4C(C)S5)c(C)c3CCC(=O)O)c(CCC(=O)O)c2C)NC1=O. The Balaban J connectivity index is 1.49. The minimum atomic E-state index is -0.885. The quantitative estimate of drug-likeness (QED) is 0.197. The monoisotopic (exact) mass is 622 g/mol. The summed E-state index contributed by atoms with van der Waals surface area (Å²) >= 11 is 1.78. The van der Waals surface area contributed by atoms with Gasteiger partial charge in [-0.2, -0.15) is 0 Å². The van der Waals surface area contributed by atoms with Gasteiger partial charge in [0, 0.05) is 77.5 Å². The average molecular weight is 623 g/mol. The zero-order chi connectivity index (χ0) is 32.1. The molecule has 2 saturated heterocycles. The number of aliphatic carboxylic acids is 2. The number of fused-ring (bicyclic) bond motifs is 1. The summed E-state index contributed by atoms with van der Waals surface area (Å²) in [5, 5.41) is 25.6. The molecular formula is C33H42N4O6S. The van der Waals surface area contributed by atoms with E-state index in [4.69, 9.17) is 0 Å². The number of aromatic nitrogens is 2. The highest BCUT2D eigenvalue weighted by Gasteiger charge is 2.62. The zero-order valence-electron chi connectivity index (χ0n) is 26.0. The van der Waals surface area contributed by atoms with Crippen LogP contribution in [0, 0.1) is 25.7 Å². The molecule has 5 heterocycles. The number of rotatable bonds is 13. The van der Waals surface area contributed by atoms with E-state index in [1.54, 1.807) is 17.8 Å². The predicted molar refractivity (Wildman–Crippen MR) is 169 cm³/mol. The molecule has 0 aliphatic carbocycles. The number of hydrogen-bond donors (Lipinski definition) is 6. The standard InChI is InChI=1S/C33H42N4O6S/c1-7-20-15(2)24(36-32(20)43)12-23-16(3)21(8-10-28(38)39)25(34-23)13-26-22(9-11-29(40)41)17(4)27(35-26)14-33-30(19(6)44-33)18(5)31(42)37-33/h7,18-19,24,30,34-35H,1,8-14H2,2-6H3,(H,36,43)(H,37,42)(H,38,39)(H,40,41)/t18-,19?,24-,30+,33-/m1/s1. The highest BCUT2D eigenvalue weighted by Crippen LogP contribution is 2.58. The summed E-state index contributed by atoms with van der Waals surface area (Å²) in [4.78, 5) is 55.0. The van der Waals surface area contributed by atoms with Crippen LogP contribution in [0.2, 0.25) is 0 Å². The van der Waals surface area contributed by atoms with Crippen LogP contribution in [0.1, 0.15) is 78.6 Å². The van der Waals surface area contributed by atoms with Crippen molar-refractivity contribution in [3.63, 3.8) is 0 Å². The number of thioether (sulfide) groups is 1. The van der Waals surface area contributed by atoms with Crippen LogP contribution >= 0.6 is 11.8 Å². The summed E-state index contributed by atoms with van der Waals surface area (Å²) in [6.07, 6.45) is 3.82. The number of hydrogen-bond acceptors (Lipinski definition) is 5. The second-order valence-corrected chi connectivity index (χ2v) is 14.3. The fourth-order valence-electron chi connectivity index (χ4n) is 7.56. The first kappa shape index (κ1) is 31.7. The van der Waals surface area contributed by atoms with Crippen LogP contribution in [0.15, 0.2) is 23.8 Å². The molecule has 3 aliphatic heterocycles. The maximum atomic E-state index is 12.7. The Morgan fingerprint density at radius 1 is 0.932 bits per heavy atom. The van der Waals surface area contributed by atoms with Gasteiger partial charge in [0.25, 0.3) is 5.91 Å². The van der Waals surface area contributed by atoms with Gasteiger partial charge in [0.05, 0.1) is 10.9 Å². The number of nitrogens with one attached hydrogen (secondary N) is 4. The summed E-state index contributed by atoms with van der Waals surface area (Å²) in [6, 6.07) is -0.197. The lowest BCUT2D eigenvalue weighted by molar-refractivity contribution is -0.138. The fraction of sp³-hybridized carbons (Fsp3) is 0.515. The molecule has 5 rings (SSSR count). The van der Waals surface area contributed by atoms with Gasteiger partial charge in [-0.05, 0) is 61.4 Å². The molecule has 0 spiro atoms. The van der Waals surface area contributed by atoms with Gasteiger partial charge < -0.3 is 30.8 Å². The number of carbonyl (C=O) groups excluding carboxylic acids is 2. The summed E-state index contributed by atoms with van der Waals surface area (Å²) < 4.78 is 0. The summed E-state index contributed by atoms with van der Waals surface area (Å²) in [5.41, 5.74) is 9.03. The van der Waals surface area contributed by atoms with E-state index >= 15 is 0 Å². The van der Waals surface area contributed by atoms with E-state index in [9.17, 15) is 29.4 Å². The first-order valence-electron chi connectivity index (χ1n) is 15.2. The molecule has 2 fully saturated rings. The third-order valence-electron chi connectivity index (χ3n) is 9.95. The van der Waals surface area contributed by atoms with E-state index in [0.29, 0.717) is 42.9 Å². The second kappa shape index (κ2) is 12.0. The smallest absolute Gasteiger partial charge is 0.303 e. The maximum Gasteiger partial charge on any atom is 0.303 e. The third-order valence-corrected chi connectivity index (χ3v) is 11.6. The van der Waals surface area contributed by atoms with Crippen LogP contribution in [0.4, 0.5) is 0 Å². The Hall–Kier alpha value is -3.73. The minimum Gasteiger partial charge on any atom is -0.481 e. The third kappa shape index (κ3) is 5.62. The number of amides is 2. The Morgan fingerprint density at radius 2 is 1.50 bits per heavy atom. The van der Waals surface area contributed by atoms with E-state index < -0.39 is 11.9 Å². The van der Waals surface area contributed by atoms with Gasteiger partial charge in [-0.3, -0.25) is 19.2 Å². The highest BCUT2D eigenvalue weighted by atomic mass is 32.2. The lowest BCUT2D eigenvalue weighted by atomic mass is 9.84. The number of carboxylic acids is 2. The van der Waals surface area contributed by atoms with Crippen LogP contribution in [0.25, 0.3) is 0 Å². The van der Waals surface area contributed by atoms with Crippen molar-refractivity contribution in [2.75, 3.05) is 0 Å². The van der Waals surface area contributed by atoms with Gasteiger partial charge in [-0.15, -0.1) is 11.8 Å². The molecule has 1 unspecified atom stereocenters. The maximum absolute atomic E-state index is 12.7. The minimum absolute atomic E-state index is 0.0159. The topological polar surface area (TPSA) is 164 Å². The normalized spacial score (nSPS) is 25.9. The number of carbonyl (C=O) groups is 4. The van der Waals surface area contributed by atoms with Crippen molar-refractivity contribution in [1.29, 1.82) is 0 Å². The largest absolute Gasteiger partial charge is 0.481 e. The van der Waals surface area contributed by atoms with Gasteiger partial charge in [-0.25, -0.2) is 0 Å². The number of H-pyrrole nitrogens is 2. The van der Waals surface area contributed by atoms with E-state index in [1.165, 1.54) is 0 Å². The van der Waals surface area contributed by atoms with Crippen molar-refractivity contribution < 1.29 is 29.4 Å². The summed E-state index contributed by atoms with van der Waals surface area (Å²) in [6.45, 7) is 13.8. The summed E-state index contributed by atoms with van der Waals surface area (Å²) in [5.74, 6) is -1.68. The van der Waals surface area contributed by atoms with Crippen molar-refractivity contribution in [3.8, 4) is 0 Å². The van der Waals surface area contributed by atoms with Gasteiger partial charge >= 0.3 is 11.9 Å². The van der Waals surface area contributed by atoms with Gasteiger partial charge in [0.15, 0.2) is 0 Å². The predicted octanol–water partition coefficient (Wildman–Crippen LogP) is 3.88. The van der Waals surface area contributed by atoms with E-state index in [0.717, 1.165) is 50.6 Å². The Bertz CT molecular complexity index is 1580. The van der Waals surface area contributed by atoms with Crippen molar-refractivity contribution in [3.05, 3.63) is 68.8 Å². The Kier molecular flexibility index (Phi) is 8.63. The lowest BCUT2D eigenvalue weighted by Crippen LogP contribution is -2.56. The first-order chi connectivity index (χ1) is 20.8. The van der Waals surface area contributed by atoms with Crippen LogP contribution in [0.3, 0.4) is 0 Å². The number of aromatic amines is 2. The molecule has 44 heavy (non-hydrogen) atoms. The van der Waals surface area contributed by atoms with Crippen molar-refractivity contribution in [2.45, 2.75) is 95.7 Å². The molecule has 2 aromatic rings. The van der Waals surface area contributed by atoms with Crippen molar-refractivity contribution in [2.24, 2.45) is 11.8 Å². The van der Waals surface area contributed by atoms with Gasteiger partial charge in [0.2, 0.25) is 5.91 Å².